The normalized spacial score (nSPS) is 10.8. The van der Waals surface area contributed by atoms with Gasteiger partial charge in [-0.1, -0.05) is 37.6 Å². The van der Waals surface area contributed by atoms with Gasteiger partial charge in [0.2, 0.25) is 0 Å². The number of hydrogen-bond acceptors (Lipinski definition) is 1. The van der Waals surface area contributed by atoms with E-state index in [-0.39, 0.29) is 0 Å². The number of nitrogens with zero attached hydrogens (tertiary/aromatic N) is 1. The second-order valence-electron chi connectivity index (χ2n) is 3.76. The molecule has 0 amide bonds. The summed E-state index contributed by atoms with van der Waals surface area (Å²) in [5.41, 5.74) is 2.97. The first-order valence-electron chi connectivity index (χ1n) is 4.95. The smallest absolute Gasteiger partial charge is 0.0230 e. The Hall–Kier alpha value is -0.820. The summed E-state index contributed by atoms with van der Waals surface area (Å²) in [6, 6.07) is 8.72. The molecular weight excluding hydrogens is 158 g/mol. The lowest BCUT2D eigenvalue weighted by Crippen LogP contribution is -2.12. The van der Waals surface area contributed by atoms with Gasteiger partial charge in [-0.3, -0.25) is 0 Å². The van der Waals surface area contributed by atoms with Crippen LogP contribution in [0.4, 0.5) is 0 Å². The predicted octanol–water partition coefficient (Wildman–Crippen LogP) is 2.70. The molecule has 0 radical (unpaired) electrons. The number of hydrogen-bond donors (Lipinski definition) is 0. The standard InChI is InChI=1S/C12H19N/c1-4-7-11-8-5-6-9-12(11)10-13(2)3/h5-6,8-9H,4,7,10H2,1-3H3. The zero-order chi connectivity index (χ0) is 9.68. The fraction of sp³-hybridized carbons (Fsp3) is 0.500. The molecular formula is C12H19N. The average Bonchev–Trinajstić information content (AvgIpc) is 2.08. The van der Waals surface area contributed by atoms with E-state index in [2.05, 4.69) is 50.2 Å². The van der Waals surface area contributed by atoms with Gasteiger partial charge in [0, 0.05) is 6.54 Å². The maximum absolute atomic E-state index is 2.24. The lowest BCUT2D eigenvalue weighted by atomic mass is 10.0. The Morgan fingerprint density at radius 2 is 1.69 bits per heavy atom. The number of benzene rings is 1. The zero-order valence-corrected chi connectivity index (χ0v) is 8.88. The van der Waals surface area contributed by atoms with Crippen LogP contribution in [0.2, 0.25) is 0 Å². The molecule has 0 aliphatic carbocycles. The second-order valence-corrected chi connectivity index (χ2v) is 3.76. The van der Waals surface area contributed by atoms with Crippen LogP contribution in [0.25, 0.3) is 0 Å². The Bertz CT molecular complexity index is 253. The van der Waals surface area contributed by atoms with Crippen LogP contribution < -0.4 is 0 Å². The third kappa shape index (κ3) is 3.19. The van der Waals surface area contributed by atoms with Crippen LogP contribution in [0.5, 0.6) is 0 Å². The van der Waals surface area contributed by atoms with E-state index in [0.717, 1.165) is 6.54 Å². The molecule has 0 heterocycles. The van der Waals surface area contributed by atoms with E-state index in [1.165, 1.54) is 24.0 Å². The minimum Gasteiger partial charge on any atom is -0.305 e. The predicted molar refractivity (Wildman–Crippen MR) is 57.8 cm³/mol. The van der Waals surface area contributed by atoms with Crippen LogP contribution in [-0.4, -0.2) is 19.0 Å². The van der Waals surface area contributed by atoms with E-state index in [4.69, 9.17) is 0 Å². The van der Waals surface area contributed by atoms with E-state index < -0.39 is 0 Å². The quantitative estimate of drug-likeness (QED) is 0.683. The van der Waals surface area contributed by atoms with Gasteiger partial charge < -0.3 is 4.90 Å². The summed E-state index contributed by atoms with van der Waals surface area (Å²) in [4.78, 5) is 2.22. The molecule has 0 aliphatic heterocycles. The summed E-state index contributed by atoms with van der Waals surface area (Å²) in [7, 11) is 4.23. The van der Waals surface area contributed by atoms with Crippen molar-refractivity contribution in [2.45, 2.75) is 26.3 Å². The maximum atomic E-state index is 2.24. The molecule has 0 fully saturated rings. The van der Waals surface area contributed by atoms with Crippen molar-refractivity contribution in [3.05, 3.63) is 35.4 Å². The Morgan fingerprint density at radius 3 is 2.23 bits per heavy atom. The third-order valence-electron chi connectivity index (χ3n) is 2.12. The largest absolute Gasteiger partial charge is 0.305 e. The molecule has 0 saturated heterocycles. The molecule has 1 nitrogen and oxygen atoms in total. The van der Waals surface area contributed by atoms with Gasteiger partial charge in [0.1, 0.15) is 0 Å². The Labute approximate surface area is 81.4 Å². The highest BCUT2D eigenvalue weighted by Crippen LogP contribution is 2.12. The van der Waals surface area contributed by atoms with Crippen molar-refractivity contribution in [3.8, 4) is 0 Å². The molecule has 0 spiro atoms. The monoisotopic (exact) mass is 177 g/mol. The topological polar surface area (TPSA) is 3.24 Å². The zero-order valence-electron chi connectivity index (χ0n) is 8.88. The third-order valence-corrected chi connectivity index (χ3v) is 2.12. The number of rotatable bonds is 4. The van der Waals surface area contributed by atoms with Crippen molar-refractivity contribution in [1.29, 1.82) is 0 Å². The average molecular weight is 177 g/mol. The fourth-order valence-corrected chi connectivity index (χ4v) is 1.57. The van der Waals surface area contributed by atoms with Gasteiger partial charge in [0.05, 0.1) is 0 Å². The summed E-state index contributed by atoms with van der Waals surface area (Å²) in [6.07, 6.45) is 2.43. The van der Waals surface area contributed by atoms with Crippen molar-refractivity contribution in [2.75, 3.05) is 14.1 Å². The molecule has 0 unspecified atom stereocenters. The summed E-state index contributed by atoms with van der Waals surface area (Å²) in [5.74, 6) is 0. The second kappa shape index (κ2) is 5.03. The fourth-order valence-electron chi connectivity index (χ4n) is 1.57. The molecule has 1 rings (SSSR count). The van der Waals surface area contributed by atoms with Crippen LogP contribution in [-0.2, 0) is 13.0 Å². The highest BCUT2D eigenvalue weighted by molar-refractivity contribution is 5.27. The highest BCUT2D eigenvalue weighted by Gasteiger charge is 2.00. The molecule has 0 atom stereocenters. The van der Waals surface area contributed by atoms with Gasteiger partial charge in [-0.05, 0) is 31.6 Å². The van der Waals surface area contributed by atoms with Crippen LogP contribution in [0, 0.1) is 0 Å². The van der Waals surface area contributed by atoms with E-state index in [1.54, 1.807) is 0 Å². The Balaban J connectivity index is 2.78. The number of aryl methyl sites for hydroxylation is 1. The molecule has 0 saturated carbocycles. The summed E-state index contributed by atoms with van der Waals surface area (Å²) in [6.45, 7) is 3.28. The van der Waals surface area contributed by atoms with Crippen molar-refractivity contribution >= 4 is 0 Å². The van der Waals surface area contributed by atoms with Crippen LogP contribution in [0.15, 0.2) is 24.3 Å². The van der Waals surface area contributed by atoms with Gasteiger partial charge >= 0.3 is 0 Å². The van der Waals surface area contributed by atoms with Gasteiger partial charge in [0.15, 0.2) is 0 Å². The van der Waals surface area contributed by atoms with Crippen molar-refractivity contribution in [2.24, 2.45) is 0 Å². The van der Waals surface area contributed by atoms with E-state index in [9.17, 15) is 0 Å². The minimum atomic E-state index is 1.05. The van der Waals surface area contributed by atoms with Crippen LogP contribution in [0.3, 0.4) is 0 Å². The SMILES string of the molecule is CCCc1ccccc1CN(C)C. The Morgan fingerprint density at radius 1 is 1.08 bits per heavy atom. The molecule has 1 heteroatoms. The van der Waals surface area contributed by atoms with Gasteiger partial charge in [0.25, 0.3) is 0 Å². The molecule has 0 aromatic heterocycles. The summed E-state index contributed by atoms with van der Waals surface area (Å²) < 4.78 is 0. The molecule has 72 valence electrons. The molecule has 1 aromatic carbocycles. The summed E-state index contributed by atoms with van der Waals surface area (Å²) in [5, 5.41) is 0. The van der Waals surface area contributed by atoms with Crippen molar-refractivity contribution < 1.29 is 0 Å². The van der Waals surface area contributed by atoms with Crippen LogP contribution >= 0.6 is 0 Å². The minimum absolute atomic E-state index is 1.05. The van der Waals surface area contributed by atoms with Gasteiger partial charge in [-0.2, -0.15) is 0 Å². The van der Waals surface area contributed by atoms with Crippen molar-refractivity contribution in [3.63, 3.8) is 0 Å². The van der Waals surface area contributed by atoms with Crippen LogP contribution in [0.1, 0.15) is 24.5 Å². The van der Waals surface area contributed by atoms with E-state index >= 15 is 0 Å². The molecule has 0 N–H and O–H groups in total. The molecule has 0 aliphatic rings. The van der Waals surface area contributed by atoms with Gasteiger partial charge in [-0.25, -0.2) is 0 Å². The van der Waals surface area contributed by atoms with Crippen molar-refractivity contribution in [1.82, 2.24) is 4.90 Å². The lowest BCUT2D eigenvalue weighted by molar-refractivity contribution is 0.401. The first-order valence-corrected chi connectivity index (χ1v) is 4.95. The van der Waals surface area contributed by atoms with E-state index in [1.807, 2.05) is 0 Å². The molecule has 0 bridgehead atoms. The lowest BCUT2D eigenvalue weighted by Gasteiger charge is -2.13. The van der Waals surface area contributed by atoms with Gasteiger partial charge in [-0.15, -0.1) is 0 Å². The molecule has 13 heavy (non-hydrogen) atoms. The molecule has 1 aromatic rings. The summed E-state index contributed by atoms with van der Waals surface area (Å²) >= 11 is 0. The first-order chi connectivity index (χ1) is 6.24. The first kappa shape index (κ1) is 10.3. The highest BCUT2D eigenvalue weighted by atomic mass is 15.0. The Kier molecular flexibility index (Phi) is 3.97. The maximum Gasteiger partial charge on any atom is 0.0230 e. The van der Waals surface area contributed by atoms with E-state index in [0.29, 0.717) is 0 Å².